The van der Waals surface area contributed by atoms with E-state index in [1.54, 1.807) is 24.3 Å². The highest BCUT2D eigenvalue weighted by molar-refractivity contribution is 5.95. The first-order valence-electron chi connectivity index (χ1n) is 21.0. The van der Waals surface area contributed by atoms with Crippen LogP contribution in [0.1, 0.15) is 50.3 Å². The van der Waals surface area contributed by atoms with Crippen molar-refractivity contribution in [1.82, 2.24) is 31.9 Å². The number of carboxylic acids is 1. The van der Waals surface area contributed by atoms with Crippen molar-refractivity contribution in [3.63, 3.8) is 0 Å². The van der Waals surface area contributed by atoms with Crippen LogP contribution in [0, 0.1) is 11.8 Å². The zero-order valence-electron chi connectivity index (χ0n) is 36.9. The van der Waals surface area contributed by atoms with Crippen LogP contribution < -0.4 is 42.4 Å². The van der Waals surface area contributed by atoms with Crippen LogP contribution in [-0.2, 0) is 46.4 Å². The molecule has 3 aromatic rings. The minimum Gasteiger partial charge on any atom is -0.508 e. The Kier molecular flexibility index (Phi) is 21.6. The molecule has 3 rings (SSSR count). The molecule has 0 aliphatic rings. The Hall–Kier alpha value is -6.83. The summed E-state index contributed by atoms with van der Waals surface area (Å²) >= 11 is 0. The van der Waals surface area contributed by atoms with Gasteiger partial charge in [-0.05, 0) is 60.2 Å². The number of nitrogens with one attached hydrogen (secondary N) is 6. The van der Waals surface area contributed by atoms with E-state index in [9.17, 15) is 54.0 Å². The largest absolute Gasteiger partial charge is 0.508 e. The minimum absolute atomic E-state index is 0.00225. The number of nitrogens with two attached hydrogens (primary N) is 1. The van der Waals surface area contributed by atoms with Crippen LogP contribution in [0.25, 0.3) is 6.08 Å². The molecule has 0 saturated carbocycles. The molecule has 6 amide bonds. The minimum atomic E-state index is -1.67. The van der Waals surface area contributed by atoms with Crippen molar-refractivity contribution in [1.29, 1.82) is 0 Å². The first-order chi connectivity index (χ1) is 30.9. The molecule has 19 nitrogen and oxygen atoms in total. The summed E-state index contributed by atoms with van der Waals surface area (Å²) in [4.78, 5) is 90.8. The molecule has 0 fully saturated rings. The third-order valence-electron chi connectivity index (χ3n) is 10.4. The van der Waals surface area contributed by atoms with Gasteiger partial charge in [0, 0.05) is 31.8 Å². The number of aliphatic hydroxyl groups is 2. The Labute approximate surface area is 377 Å². The number of methoxy groups -OCH3 is 1. The number of aliphatic carboxylic acids is 1. The lowest BCUT2D eigenvalue weighted by Gasteiger charge is -2.26. The number of hydrogen-bond donors (Lipinski definition) is 11. The molecule has 65 heavy (non-hydrogen) atoms. The van der Waals surface area contributed by atoms with Gasteiger partial charge in [0.1, 0.15) is 35.7 Å². The normalized spacial score (nSPS) is 14.8. The molecular weight excluding hydrogens is 843 g/mol. The average molecular weight is 904 g/mol. The Balaban J connectivity index is 1.60. The number of aromatic hydroxyl groups is 1. The van der Waals surface area contributed by atoms with Gasteiger partial charge in [0.25, 0.3) is 0 Å². The maximum atomic E-state index is 13.6. The van der Waals surface area contributed by atoms with Crippen molar-refractivity contribution in [2.24, 2.45) is 17.6 Å². The van der Waals surface area contributed by atoms with Crippen molar-refractivity contribution in [3.05, 3.63) is 102 Å². The maximum absolute atomic E-state index is 13.6. The highest BCUT2D eigenvalue weighted by atomic mass is 16.5. The quantitative estimate of drug-likeness (QED) is 0.0503. The Morgan fingerprint density at radius 1 is 0.708 bits per heavy atom. The number of hydrogen-bond acceptors (Lipinski definition) is 12. The Morgan fingerprint density at radius 2 is 1.31 bits per heavy atom. The molecule has 0 heterocycles. The summed E-state index contributed by atoms with van der Waals surface area (Å²) in [5.41, 5.74) is 8.40. The van der Waals surface area contributed by atoms with E-state index in [-0.39, 0.29) is 37.5 Å². The summed E-state index contributed by atoms with van der Waals surface area (Å²) in [5.74, 6) is -6.60. The first kappa shape index (κ1) is 52.5. The molecule has 12 N–H and O–H groups in total. The van der Waals surface area contributed by atoms with Gasteiger partial charge in [-0.2, -0.15) is 0 Å². The number of benzene rings is 3. The molecule has 0 spiro atoms. The number of carboxylic acid groups (broad SMARTS) is 1. The van der Waals surface area contributed by atoms with E-state index in [1.165, 1.54) is 45.2 Å². The molecule has 352 valence electrons. The lowest BCUT2D eigenvalue weighted by Crippen LogP contribution is -2.60. The summed E-state index contributed by atoms with van der Waals surface area (Å²) in [6.45, 7) is 2.89. The molecule has 0 aliphatic heterocycles. The summed E-state index contributed by atoms with van der Waals surface area (Å²) < 4.78 is 5.19. The standard InChI is InChI=1S/C46H61N7O12/c1-27(9-8-12-30-10-6-5-7-11-30)35(47)23-39(57)50-38(26-54)44(61)53-41(29(3)55)45(62)51-36(21-32-15-19-34(65-4)20-16-32)43(60)49-25-40(58)48-24-28(2)42(59)52-37(46(63)64)22-31-13-17-33(56)18-14-31/h5-8,10-20,27-29,35-38,41,54-56H,9,21-26,47H2,1-4H3,(H,48,58)(H,49,60)(H,50,57)(H,51,62)(H,52,59)(H,53,61)(H,63,64)/b12-8+/t27-,28+,29+,35+,36+,37+,38+,41-/m0/s1. The zero-order chi connectivity index (χ0) is 48.1. The van der Waals surface area contributed by atoms with Gasteiger partial charge < -0.3 is 62.8 Å². The SMILES string of the molecule is COc1ccc(C[C@@H](NC(=O)[C@@H](NC(=O)[C@@H](CO)NC(=O)C[C@@H](N)[C@@H](C)C/C=C/c2ccccc2)[C@@H](C)O)C(=O)NCC(=O)NC[C@@H](C)C(=O)N[C@H](Cc2ccc(O)cc2)C(=O)O)cc1. The monoisotopic (exact) mass is 903 g/mol. The van der Waals surface area contributed by atoms with E-state index in [0.717, 1.165) is 5.56 Å². The summed E-state index contributed by atoms with van der Waals surface area (Å²) in [6, 6.07) is 15.6. The van der Waals surface area contributed by atoms with E-state index in [1.807, 2.05) is 49.4 Å². The van der Waals surface area contributed by atoms with Crippen LogP contribution in [0.3, 0.4) is 0 Å². The molecule has 3 aromatic carbocycles. The summed E-state index contributed by atoms with van der Waals surface area (Å²) in [6.07, 6.45) is 2.59. The van der Waals surface area contributed by atoms with Gasteiger partial charge in [-0.3, -0.25) is 28.8 Å². The number of allylic oxidation sites excluding steroid dienone is 1. The third kappa shape index (κ3) is 18.4. The highest BCUT2D eigenvalue weighted by Gasteiger charge is 2.33. The maximum Gasteiger partial charge on any atom is 0.326 e. The average Bonchev–Trinajstić information content (AvgIpc) is 3.28. The Bertz CT molecular complexity index is 2070. The van der Waals surface area contributed by atoms with E-state index < -0.39 is 96.8 Å². The number of carbonyl (C=O) groups is 7. The fraction of sp³-hybridized carbons (Fsp3) is 0.413. The molecule has 0 radical (unpaired) electrons. The second-order valence-corrected chi connectivity index (χ2v) is 15.7. The van der Waals surface area contributed by atoms with Gasteiger partial charge in [0.15, 0.2) is 0 Å². The molecule has 0 saturated heterocycles. The molecule has 8 atom stereocenters. The van der Waals surface area contributed by atoms with Gasteiger partial charge >= 0.3 is 5.97 Å². The van der Waals surface area contributed by atoms with Crippen molar-refractivity contribution in [3.8, 4) is 11.5 Å². The molecule has 19 heteroatoms. The fourth-order valence-electron chi connectivity index (χ4n) is 6.24. The Morgan fingerprint density at radius 3 is 1.89 bits per heavy atom. The lowest BCUT2D eigenvalue weighted by molar-refractivity contribution is -0.142. The first-order valence-corrected chi connectivity index (χ1v) is 21.0. The van der Waals surface area contributed by atoms with Gasteiger partial charge in [-0.25, -0.2) is 4.79 Å². The topological polar surface area (TPSA) is 308 Å². The third-order valence-corrected chi connectivity index (χ3v) is 10.4. The number of aliphatic hydroxyl groups excluding tert-OH is 2. The number of ether oxygens (including phenoxy) is 1. The van der Waals surface area contributed by atoms with Crippen molar-refractivity contribution < 1.29 is 58.7 Å². The number of phenolic OH excluding ortho intramolecular Hbond substituents is 1. The second kappa shape index (κ2) is 26.7. The van der Waals surface area contributed by atoms with Crippen LogP contribution in [-0.4, -0.2) is 125 Å². The predicted octanol–water partition coefficient (Wildman–Crippen LogP) is -0.0916. The lowest BCUT2D eigenvalue weighted by atomic mass is 9.95. The predicted molar refractivity (Wildman–Crippen MR) is 240 cm³/mol. The van der Waals surface area contributed by atoms with E-state index in [0.29, 0.717) is 23.3 Å². The van der Waals surface area contributed by atoms with Crippen LogP contribution in [0.2, 0.25) is 0 Å². The highest BCUT2D eigenvalue weighted by Crippen LogP contribution is 2.15. The molecule has 0 aromatic heterocycles. The fourth-order valence-corrected chi connectivity index (χ4v) is 6.24. The van der Waals surface area contributed by atoms with Crippen LogP contribution in [0.15, 0.2) is 84.9 Å². The van der Waals surface area contributed by atoms with E-state index in [4.69, 9.17) is 10.5 Å². The number of amides is 6. The van der Waals surface area contributed by atoms with Crippen molar-refractivity contribution >= 4 is 47.5 Å². The van der Waals surface area contributed by atoms with Gasteiger partial charge in [-0.15, -0.1) is 0 Å². The second-order valence-electron chi connectivity index (χ2n) is 15.7. The molecule has 0 bridgehead atoms. The van der Waals surface area contributed by atoms with Crippen LogP contribution >= 0.6 is 0 Å². The van der Waals surface area contributed by atoms with Gasteiger partial charge in [0.05, 0.1) is 32.3 Å². The summed E-state index contributed by atoms with van der Waals surface area (Å²) in [5, 5.41) is 54.3. The number of phenols is 1. The van der Waals surface area contributed by atoms with Gasteiger partial charge in [-0.1, -0.05) is 80.6 Å². The molecular formula is C46H61N7O12. The van der Waals surface area contributed by atoms with Gasteiger partial charge in [0.2, 0.25) is 35.4 Å². The van der Waals surface area contributed by atoms with E-state index in [2.05, 4.69) is 31.9 Å². The smallest absolute Gasteiger partial charge is 0.326 e. The van der Waals surface area contributed by atoms with Crippen LogP contribution in [0.4, 0.5) is 0 Å². The number of rotatable bonds is 26. The van der Waals surface area contributed by atoms with Crippen LogP contribution in [0.5, 0.6) is 11.5 Å². The van der Waals surface area contributed by atoms with Crippen molar-refractivity contribution in [2.75, 3.05) is 26.8 Å². The molecule has 0 aliphatic carbocycles. The number of carbonyl (C=O) groups excluding carboxylic acids is 6. The molecule has 0 unspecified atom stereocenters. The van der Waals surface area contributed by atoms with Crippen molar-refractivity contribution in [2.45, 2.75) is 82.8 Å². The van der Waals surface area contributed by atoms with E-state index >= 15 is 0 Å². The summed E-state index contributed by atoms with van der Waals surface area (Å²) in [7, 11) is 1.47. The zero-order valence-corrected chi connectivity index (χ0v) is 36.9.